The van der Waals surface area contributed by atoms with Crippen LogP contribution in [-0.2, 0) is 9.53 Å². The SMILES string of the molecule is CCCOC(=O)C1CSC(C2CCCCC2)N1C(=O)Nc1ccc(Cl)cc1. The number of hydrogen-bond acceptors (Lipinski definition) is 4. The van der Waals surface area contributed by atoms with Crippen molar-refractivity contribution in [1.82, 2.24) is 4.90 Å². The Balaban J connectivity index is 1.76. The molecule has 1 aliphatic heterocycles. The summed E-state index contributed by atoms with van der Waals surface area (Å²) < 4.78 is 5.37. The highest BCUT2D eigenvalue weighted by molar-refractivity contribution is 8.00. The van der Waals surface area contributed by atoms with Crippen LogP contribution in [0.15, 0.2) is 24.3 Å². The number of amides is 2. The van der Waals surface area contributed by atoms with Gasteiger partial charge < -0.3 is 10.1 Å². The van der Waals surface area contributed by atoms with E-state index in [2.05, 4.69) is 5.32 Å². The zero-order valence-electron chi connectivity index (χ0n) is 15.7. The van der Waals surface area contributed by atoms with Crippen molar-refractivity contribution < 1.29 is 14.3 Å². The lowest BCUT2D eigenvalue weighted by Gasteiger charge is -2.35. The fourth-order valence-corrected chi connectivity index (χ4v) is 5.52. The number of carbonyl (C=O) groups excluding carboxylic acids is 2. The average Bonchev–Trinajstić information content (AvgIpc) is 3.14. The fourth-order valence-electron chi connectivity index (χ4n) is 3.77. The first-order valence-corrected chi connectivity index (χ1v) is 11.2. The third kappa shape index (κ3) is 5.11. The molecule has 27 heavy (non-hydrogen) atoms. The van der Waals surface area contributed by atoms with Gasteiger partial charge in [0.1, 0.15) is 6.04 Å². The van der Waals surface area contributed by atoms with E-state index >= 15 is 0 Å². The molecule has 1 aromatic rings. The lowest BCUT2D eigenvalue weighted by atomic mass is 9.88. The highest BCUT2D eigenvalue weighted by Crippen LogP contribution is 2.41. The molecule has 1 saturated heterocycles. The number of hydrogen-bond donors (Lipinski definition) is 1. The molecule has 1 N–H and O–H groups in total. The number of anilines is 1. The number of rotatable bonds is 5. The van der Waals surface area contributed by atoms with Crippen molar-refractivity contribution >= 4 is 41.1 Å². The van der Waals surface area contributed by atoms with Gasteiger partial charge in [0.05, 0.1) is 12.0 Å². The minimum atomic E-state index is -0.527. The normalized spacial score (nSPS) is 23.3. The van der Waals surface area contributed by atoms with Gasteiger partial charge in [0, 0.05) is 16.5 Å². The number of urea groups is 1. The Morgan fingerprint density at radius 1 is 1.22 bits per heavy atom. The van der Waals surface area contributed by atoms with Crippen LogP contribution >= 0.6 is 23.4 Å². The van der Waals surface area contributed by atoms with E-state index < -0.39 is 6.04 Å². The summed E-state index contributed by atoms with van der Waals surface area (Å²) in [6, 6.07) is 6.24. The van der Waals surface area contributed by atoms with E-state index in [1.807, 2.05) is 6.92 Å². The van der Waals surface area contributed by atoms with Crippen LogP contribution in [0.25, 0.3) is 0 Å². The van der Waals surface area contributed by atoms with Crippen molar-refractivity contribution in [3.05, 3.63) is 29.3 Å². The third-order valence-electron chi connectivity index (χ3n) is 5.14. The smallest absolute Gasteiger partial charge is 0.329 e. The summed E-state index contributed by atoms with van der Waals surface area (Å²) in [5, 5.41) is 3.57. The molecule has 0 aromatic heterocycles. The molecule has 1 aromatic carbocycles. The van der Waals surface area contributed by atoms with Crippen molar-refractivity contribution in [3.63, 3.8) is 0 Å². The first kappa shape index (κ1) is 20.3. The molecule has 1 saturated carbocycles. The summed E-state index contributed by atoms with van der Waals surface area (Å²) >= 11 is 7.64. The van der Waals surface area contributed by atoms with Crippen LogP contribution in [-0.4, -0.2) is 40.7 Å². The van der Waals surface area contributed by atoms with E-state index in [1.54, 1.807) is 40.9 Å². The van der Waals surface area contributed by atoms with Gasteiger partial charge in [-0.3, -0.25) is 4.90 Å². The van der Waals surface area contributed by atoms with Crippen LogP contribution in [0.5, 0.6) is 0 Å². The van der Waals surface area contributed by atoms with E-state index in [0.29, 0.717) is 29.0 Å². The molecule has 3 rings (SSSR count). The number of benzene rings is 1. The van der Waals surface area contributed by atoms with Crippen molar-refractivity contribution in [2.24, 2.45) is 5.92 Å². The number of carbonyl (C=O) groups is 2. The Labute approximate surface area is 170 Å². The van der Waals surface area contributed by atoms with E-state index in [9.17, 15) is 9.59 Å². The molecule has 148 valence electrons. The maximum Gasteiger partial charge on any atom is 0.329 e. The minimum Gasteiger partial charge on any atom is -0.464 e. The quantitative estimate of drug-likeness (QED) is 0.682. The Morgan fingerprint density at radius 3 is 2.59 bits per heavy atom. The Morgan fingerprint density at radius 2 is 1.93 bits per heavy atom. The van der Waals surface area contributed by atoms with Crippen molar-refractivity contribution in [3.8, 4) is 0 Å². The van der Waals surface area contributed by atoms with Crippen molar-refractivity contribution in [2.75, 3.05) is 17.7 Å². The maximum absolute atomic E-state index is 13.1. The first-order valence-electron chi connectivity index (χ1n) is 9.73. The molecule has 2 atom stereocenters. The summed E-state index contributed by atoms with van der Waals surface area (Å²) in [6.45, 7) is 2.35. The number of nitrogens with one attached hydrogen (secondary N) is 1. The standard InChI is InChI=1S/C20H27ClN2O3S/c1-2-12-26-19(24)17-13-27-18(14-6-4-3-5-7-14)23(17)20(25)22-16-10-8-15(21)9-11-16/h8-11,14,17-18H,2-7,12-13H2,1H3,(H,22,25). The number of thioether (sulfide) groups is 1. The van der Waals surface area contributed by atoms with Gasteiger partial charge in [-0.25, -0.2) is 9.59 Å². The second kappa shape index (κ2) is 9.69. The molecule has 0 radical (unpaired) electrons. The molecule has 7 heteroatoms. The van der Waals surface area contributed by atoms with Crippen LogP contribution in [0.1, 0.15) is 45.4 Å². The number of nitrogens with zero attached hydrogens (tertiary/aromatic N) is 1. The van der Waals surface area contributed by atoms with Gasteiger partial charge in [-0.2, -0.15) is 0 Å². The average molecular weight is 411 g/mol. The van der Waals surface area contributed by atoms with Gasteiger partial charge in [-0.1, -0.05) is 37.8 Å². The van der Waals surface area contributed by atoms with Gasteiger partial charge in [0.15, 0.2) is 0 Å². The highest BCUT2D eigenvalue weighted by atomic mass is 35.5. The molecule has 2 amide bonds. The predicted octanol–water partition coefficient (Wildman–Crippen LogP) is 5.15. The summed E-state index contributed by atoms with van der Waals surface area (Å²) in [4.78, 5) is 27.4. The van der Waals surface area contributed by atoms with E-state index in [1.165, 1.54) is 19.3 Å². The van der Waals surface area contributed by atoms with Crippen LogP contribution in [0.2, 0.25) is 5.02 Å². The van der Waals surface area contributed by atoms with Gasteiger partial charge in [-0.15, -0.1) is 11.8 Å². The number of esters is 1. The van der Waals surface area contributed by atoms with Crippen molar-refractivity contribution in [2.45, 2.75) is 56.9 Å². The van der Waals surface area contributed by atoms with Gasteiger partial charge >= 0.3 is 12.0 Å². The minimum absolute atomic E-state index is 0.0248. The van der Waals surface area contributed by atoms with E-state index in [4.69, 9.17) is 16.3 Å². The molecule has 2 unspecified atom stereocenters. The Hall–Kier alpha value is -1.40. The molecular formula is C20H27ClN2O3S. The molecule has 1 aliphatic carbocycles. The maximum atomic E-state index is 13.1. The summed E-state index contributed by atoms with van der Waals surface area (Å²) in [6.07, 6.45) is 6.64. The Bertz CT molecular complexity index is 649. The lowest BCUT2D eigenvalue weighted by Crippen LogP contribution is -2.50. The second-order valence-corrected chi connectivity index (χ2v) is 8.74. The number of ether oxygens (including phenoxy) is 1. The van der Waals surface area contributed by atoms with Gasteiger partial charge in [0.25, 0.3) is 0 Å². The first-order chi connectivity index (χ1) is 13.1. The molecule has 5 nitrogen and oxygen atoms in total. The van der Waals surface area contributed by atoms with Crippen molar-refractivity contribution in [1.29, 1.82) is 0 Å². The molecule has 1 heterocycles. The molecule has 0 bridgehead atoms. The molecular weight excluding hydrogens is 384 g/mol. The summed E-state index contributed by atoms with van der Waals surface area (Å²) in [5.74, 6) is 0.732. The predicted molar refractivity (Wildman–Crippen MR) is 110 cm³/mol. The largest absolute Gasteiger partial charge is 0.464 e. The molecule has 0 spiro atoms. The zero-order valence-corrected chi connectivity index (χ0v) is 17.2. The zero-order chi connectivity index (χ0) is 19.2. The molecule has 2 fully saturated rings. The van der Waals surface area contributed by atoms with Crippen LogP contribution in [0, 0.1) is 5.92 Å². The third-order valence-corrected chi connectivity index (χ3v) is 6.85. The number of halogens is 1. The van der Waals surface area contributed by atoms with Crippen LogP contribution in [0.4, 0.5) is 10.5 Å². The summed E-state index contributed by atoms with van der Waals surface area (Å²) in [7, 11) is 0. The van der Waals surface area contributed by atoms with Gasteiger partial charge in [0.2, 0.25) is 0 Å². The molecule has 2 aliphatic rings. The summed E-state index contributed by atoms with van der Waals surface area (Å²) in [5.41, 5.74) is 0.671. The highest BCUT2D eigenvalue weighted by Gasteiger charge is 2.45. The fraction of sp³-hybridized carbons (Fsp3) is 0.600. The monoisotopic (exact) mass is 410 g/mol. The lowest BCUT2D eigenvalue weighted by molar-refractivity contribution is -0.148. The van der Waals surface area contributed by atoms with Crippen LogP contribution < -0.4 is 5.32 Å². The van der Waals surface area contributed by atoms with E-state index in [-0.39, 0.29) is 17.4 Å². The topological polar surface area (TPSA) is 58.6 Å². The second-order valence-electron chi connectivity index (χ2n) is 7.15. The van der Waals surface area contributed by atoms with Gasteiger partial charge in [-0.05, 0) is 49.4 Å². The Kier molecular flexibility index (Phi) is 7.30. The van der Waals surface area contributed by atoms with E-state index in [0.717, 1.165) is 19.3 Å². The van der Waals surface area contributed by atoms with Crippen LogP contribution in [0.3, 0.4) is 0 Å².